The summed E-state index contributed by atoms with van der Waals surface area (Å²) in [6.45, 7) is 8.36. The van der Waals surface area contributed by atoms with Gasteiger partial charge in [0.25, 0.3) is 11.5 Å². The molecule has 0 aliphatic rings. The SMILES string of the molecule is Cc1ccc(C(=O)N(Cc2ccccc2)C(C)c2nc3ccccc3c(=O)n2-c2ccc(C)cc2C)cc1. The Labute approximate surface area is 223 Å². The van der Waals surface area contributed by atoms with Crippen LogP contribution in [0.3, 0.4) is 0 Å². The Morgan fingerprint density at radius 2 is 1.50 bits per heavy atom. The fraction of sp³-hybridized carbons (Fsp3) is 0.182. The molecular weight excluding hydrogens is 470 g/mol. The van der Waals surface area contributed by atoms with E-state index >= 15 is 0 Å². The first-order valence-corrected chi connectivity index (χ1v) is 12.8. The Morgan fingerprint density at radius 3 is 2.21 bits per heavy atom. The Morgan fingerprint density at radius 1 is 0.842 bits per heavy atom. The number of aromatic nitrogens is 2. The summed E-state index contributed by atoms with van der Waals surface area (Å²) in [4.78, 5) is 34.8. The van der Waals surface area contributed by atoms with Gasteiger partial charge >= 0.3 is 0 Å². The summed E-state index contributed by atoms with van der Waals surface area (Å²) in [7, 11) is 0. The van der Waals surface area contributed by atoms with Crippen LogP contribution in [-0.4, -0.2) is 20.4 Å². The average molecular weight is 502 g/mol. The van der Waals surface area contributed by atoms with Crippen molar-refractivity contribution in [2.45, 2.75) is 40.3 Å². The number of rotatable bonds is 6. The summed E-state index contributed by atoms with van der Waals surface area (Å²) in [5.41, 5.74) is 6.00. The van der Waals surface area contributed by atoms with Gasteiger partial charge in [-0.2, -0.15) is 0 Å². The van der Waals surface area contributed by atoms with Crippen molar-refractivity contribution in [2.24, 2.45) is 0 Å². The number of carbonyl (C=O) groups is 1. The molecule has 1 aromatic heterocycles. The van der Waals surface area contributed by atoms with Gasteiger partial charge in [0.2, 0.25) is 0 Å². The van der Waals surface area contributed by atoms with E-state index in [1.807, 2.05) is 113 Å². The second-order valence-electron chi connectivity index (χ2n) is 9.88. The topological polar surface area (TPSA) is 55.2 Å². The monoisotopic (exact) mass is 501 g/mol. The van der Waals surface area contributed by atoms with Crippen LogP contribution in [0.5, 0.6) is 0 Å². The first-order valence-electron chi connectivity index (χ1n) is 12.8. The molecule has 38 heavy (non-hydrogen) atoms. The first kappa shape index (κ1) is 25.2. The summed E-state index contributed by atoms with van der Waals surface area (Å²) in [5, 5.41) is 0.544. The van der Waals surface area contributed by atoms with Crippen LogP contribution in [0, 0.1) is 20.8 Å². The Bertz CT molecular complexity index is 1670. The minimum atomic E-state index is -0.498. The third-order valence-electron chi connectivity index (χ3n) is 6.99. The number of para-hydroxylation sites is 1. The van der Waals surface area contributed by atoms with E-state index < -0.39 is 6.04 Å². The van der Waals surface area contributed by atoms with Crippen molar-refractivity contribution in [1.82, 2.24) is 14.5 Å². The van der Waals surface area contributed by atoms with Gasteiger partial charge < -0.3 is 4.90 Å². The maximum Gasteiger partial charge on any atom is 0.266 e. The van der Waals surface area contributed by atoms with Crippen LogP contribution in [0.25, 0.3) is 16.6 Å². The Hall–Kier alpha value is -4.51. The van der Waals surface area contributed by atoms with Gasteiger partial charge in [0.15, 0.2) is 0 Å². The Kier molecular flexibility index (Phi) is 6.93. The van der Waals surface area contributed by atoms with E-state index in [1.54, 1.807) is 15.5 Å². The molecule has 1 unspecified atom stereocenters. The number of aryl methyl sites for hydroxylation is 3. The zero-order valence-corrected chi connectivity index (χ0v) is 22.2. The lowest BCUT2D eigenvalue weighted by molar-refractivity contribution is 0.0664. The van der Waals surface area contributed by atoms with E-state index in [2.05, 4.69) is 6.07 Å². The molecule has 0 N–H and O–H groups in total. The number of fused-ring (bicyclic) bond motifs is 1. The molecule has 1 amide bonds. The van der Waals surface area contributed by atoms with Crippen LogP contribution in [-0.2, 0) is 6.54 Å². The van der Waals surface area contributed by atoms with Gasteiger partial charge in [0, 0.05) is 12.1 Å². The van der Waals surface area contributed by atoms with Crippen LogP contribution in [0.1, 0.15) is 51.4 Å². The minimum Gasteiger partial charge on any atom is -0.324 e. The van der Waals surface area contributed by atoms with Crippen molar-refractivity contribution in [3.63, 3.8) is 0 Å². The van der Waals surface area contributed by atoms with E-state index in [-0.39, 0.29) is 11.5 Å². The lowest BCUT2D eigenvalue weighted by Crippen LogP contribution is -2.37. The van der Waals surface area contributed by atoms with Crippen LogP contribution in [0.15, 0.2) is 102 Å². The number of carbonyl (C=O) groups excluding carboxylic acids is 1. The van der Waals surface area contributed by atoms with Crippen molar-refractivity contribution >= 4 is 16.8 Å². The number of amides is 1. The molecule has 0 radical (unpaired) electrons. The molecule has 0 fully saturated rings. The van der Waals surface area contributed by atoms with E-state index in [1.165, 1.54) is 0 Å². The van der Waals surface area contributed by atoms with Crippen molar-refractivity contribution < 1.29 is 4.79 Å². The molecule has 5 aromatic rings. The minimum absolute atomic E-state index is 0.115. The summed E-state index contributed by atoms with van der Waals surface area (Å²) < 4.78 is 1.68. The van der Waals surface area contributed by atoms with Crippen molar-refractivity contribution in [3.05, 3.63) is 141 Å². The third kappa shape index (κ3) is 4.88. The van der Waals surface area contributed by atoms with E-state index in [0.717, 1.165) is 27.9 Å². The predicted octanol–water partition coefficient (Wildman–Crippen LogP) is 6.71. The molecule has 1 atom stereocenters. The first-order chi connectivity index (χ1) is 18.3. The summed E-state index contributed by atoms with van der Waals surface area (Å²) >= 11 is 0. The zero-order chi connectivity index (χ0) is 26.8. The summed E-state index contributed by atoms with van der Waals surface area (Å²) in [6, 6.07) is 30.4. The van der Waals surface area contributed by atoms with Crippen LogP contribution >= 0.6 is 0 Å². The second-order valence-corrected chi connectivity index (χ2v) is 9.88. The molecule has 5 rings (SSSR count). The largest absolute Gasteiger partial charge is 0.324 e. The highest BCUT2D eigenvalue weighted by molar-refractivity contribution is 5.94. The zero-order valence-electron chi connectivity index (χ0n) is 22.2. The standard InChI is InChI=1S/C33H31N3O2/c1-22-14-17-27(18-15-22)32(37)35(21-26-10-6-5-7-11-26)25(4)31-34-29-13-9-8-12-28(29)33(38)36(31)30-19-16-23(2)20-24(30)3/h5-20,25H,21H2,1-4H3. The van der Waals surface area contributed by atoms with E-state index in [4.69, 9.17) is 4.98 Å². The van der Waals surface area contributed by atoms with Crippen LogP contribution in [0.4, 0.5) is 0 Å². The molecule has 190 valence electrons. The molecule has 0 saturated carbocycles. The lowest BCUT2D eigenvalue weighted by Gasteiger charge is -2.31. The lowest BCUT2D eigenvalue weighted by atomic mass is 10.1. The smallest absolute Gasteiger partial charge is 0.266 e. The molecule has 1 heterocycles. The molecular formula is C33H31N3O2. The molecule has 0 spiro atoms. The maximum atomic E-state index is 14.0. The van der Waals surface area contributed by atoms with Gasteiger partial charge in [0.05, 0.1) is 22.6 Å². The van der Waals surface area contributed by atoms with Gasteiger partial charge in [-0.15, -0.1) is 0 Å². The summed E-state index contributed by atoms with van der Waals surface area (Å²) in [5.74, 6) is 0.410. The average Bonchev–Trinajstić information content (AvgIpc) is 2.92. The maximum absolute atomic E-state index is 14.0. The van der Waals surface area contributed by atoms with Crippen molar-refractivity contribution in [3.8, 4) is 5.69 Å². The molecule has 0 aliphatic carbocycles. The molecule has 5 nitrogen and oxygen atoms in total. The van der Waals surface area contributed by atoms with Gasteiger partial charge in [-0.3, -0.25) is 14.2 Å². The van der Waals surface area contributed by atoms with Crippen molar-refractivity contribution in [1.29, 1.82) is 0 Å². The van der Waals surface area contributed by atoms with Crippen LogP contribution in [0.2, 0.25) is 0 Å². The number of benzene rings is 4. The Balaban J connectivity index is 1.72. The molecule has 5 heteroatoms. The van der Waals surface area contributed by atoms with Gasteiger partial charge in [-0.05, 0) is 69.2 Å². The molecule has 0 saturated heterocycles. The second kappa shape index (κ2) is 10.5. The molecule has 0 aliphatic heterocycles. The predicted molar refractivity (Wildman–Crippen MR) is 153 cm³/mol. The number of nitrogens with zero attached hydrogens (tertiary/aromatic N) is 3. The molecule has 0 bridgehead atoms. The van der Waals surface area contributed by atoms with E-state index in [0.29, 0.717) is 28.8 Å². The normalized spacial score (nSPS) is 11.9. The van der Waals surface area contributed by atoms with E-state index in [9.17, 15) is 9.59 Å². The number of hydrogen-bond donors (Lipinski definition) is 0. The van der Waals surface area contributed by atoms with Gasteiger partial charge in [-0.1, -0.05) is 77.9 Å². The summed E-state index contributed by atoms with van der Waals surface area (Å²) in [6.07, 6.45) is 0. The molecule has 4 aromatic carbocycles. The quantitative estimate of drug-likeness (QED) is 0.260. The van der Waals surface area contributed by atoms with Gasteiger partial charge in [0.1, 0.15) is 5.82 Å². The fourth-order valence-corrected chi connectivity index (χ4v) is 4.89. The highest BCUT2D eigenvalue weighted by atomic mass is 16.2. The number of hydrogen-bond acceptors (Lipinski definition) is 3. The van der Waals surface area contributed by atoms with Crippen molar-refractivity contribution in [2.75, 3.05) is 0 Å². The fourth-order valence-electron chi connectivity index (χ4n) is 4.89. The highest BCUT2D eigenvalue weighted by Gasteiger charge is 2.28. The third-order valence-corrected chi connectivity index (χ3v) is 6.99. The van der Waals surface area contributed by atoms with Gasteiger partial charge in [-0.25, -0.2) is 4.98 Å². The van der Waals surface area contributed by atoms with Crippen LogP contribution < -0.4 is 5.56 Å². The highest BCUT2D eigenvalue weighted by Crippen LogP contribution is 2.27.